The molecule has 1 N–H and O–H groups in total. The largest absolute Gasteiger partial charge is 0.309 e. The molecule has 0 aliphatic heterocycles. The van der Waals surface area contributed by atoms with Gasteiger partial charge in [-0.15, -0.1) is 11.3 Å². The standard InChI is InChI=1S/C16H19F2NS/c1-3-9-19-14(4-2)16-8-7-15(20-16)11-5-6-12(17)13(18)10-11/h5-8,10,14,19H,3-4,9H2,1-2H3. The Hall–Kier alpha value is -1.26. The molecule has 20 heavy (non-hydrogen) atoms. The summed E-state index contributed by atoms with van der Waals surface area (Å²) in [6, 6.07) is 8.43. The van der Waals surface area contributed by atoms with Gasteiger partial charge in [-0.05, 0) is 49.2 Å². The SMILES string of the molecule is CCCNC(CC)c1ccc(-c2ccc(F)c(F)c2)s1. The maximum atomic E-state index is 13.3. The molecule has 0 aliphatic rings. The Balaban J connectivity index is 2.20. The quantitative estimate of drug-likeness (QED) is 0.777. The average Bonchev–Trinajstić information content (AvgIpc) is 2.92. The van der Waals surface area contributed by atoms with Crippen LogP contribution in [0.25, 0.3) is 10.4 Å². The third-order valence-corrected chi connectivity index (χ3v) is 4.47. The van der Waals surface area contributed by atoms with Crippen LogP contribution in [0.1, 0.15) is 37.6 Å². The fourth-order valence-corrected chi connectivity index (χ4v) is 3.27. The summed E-state index contributed by atoms with van der Waals surface area (Å²) in [6.45, 7) is 5.27. The van der Waals surface area contributed by atoms with Crippen molar-refractivity contribution in [2.24, 2.45) is 0 Å². The van der Waals surface area contributed by atoms with E-state index in [1.165, 1.54) is 17.0 Å². The Bertz CT molecular complexity index is 565. The van der Waals surface area contributed by atoms with Gasteiger partial charge in [0.25, 0.3) is 0 Å². The average molecular weight is 295 g/mol. The molecule has 0 saturated heterocycles. The minimum atomic E-state index is -0.804. The molecule has 1 aromatic heterocycles. The van der Waals surface area contributed by atoms with Crippen molar-refractivity contribution in [1.82, 2.24) is 5.32 Å². The van der Waals surface area contributed by atoms with E-state index in [0.717, 1.165) is 29.8 Å². The molecule has 0 amide bonds. The van der Waals surface area contributed by atoms with Crippen LogP contribution in [0.5, 0.6) is 0 Å². The summed E-state index contributed by atoms with van der Waals surface area (Å²) in [5.41, 5.74) is 0.727. The number of benzene rings is 1. The Morgan fingerprint density at radius 2 is 1.90 bits per heavy atom. The first-order valence-corrected chi connectivity index (χ1v) is 7.75. The molecule has 1 aromatic carbocycles. The van der Waals surface area contributed by atoms with E-state index in [2.05, 4.69) is 25.2 Å². The van der Waals surface area contributed by atoms with Crippen LogP contribution in [0.4, 0.5) is 8.78 Å². The molecule has 108 valence electrons. The van der Waals surface area contributed by atoms with E-state index in [4.69, 9.17) is 0 Å². The van der Waals surface area contributed by atoms with Gasteiger partial charge in [-0.25, -0.2) is 8.78 Å². The van der Waals surface area contributed by atoms with Crippen LogP contribution >= 0.6 is 11.3 Å². The molecule has 1 unspecified atom stereocenters. The van der Waals surface area contributed by atoms with Gasteiger partial charge in [0.05, 0.1) is 0 Å². The first kappa shape index (κ1) is 15.1. The monoisotopic (exact) mass is 295 g/mol. The van der Waals surface area contributed by atoms with Gasteiger partial charge in [-0.3, -0.25) is 0 Å². The molecule has 0 aliphatic carbocycles. The summed E-state index contributed by atoms with van der Waals surface area (Å²) in [6.07, 6.45) is 2.11. The van der Waals surface area contributed by atoms with Crippen molar-refractivity contribution in [3.05, 3.63) is 46.8 Å². The molecule has 2 aromatic rings. The highest BCUT2D eigenvalue weighted by Gasteiger charge is 2.12. The molecule has 0 fully saturated rings. The number of rotatable bonds is 6. The lowest BCUT2D eigenvalue weighted by atomic mass is 10.1. The molecule has 1 nitrogen and oxygen atoms in total. The summed E-state index contributed by atoms with van der Waals surface area (Å²) in [7, 11) is 0. The van der Waals surface area contributed by atoms with Gasteiger partial charge in [0.15, 0.2) is 11.6 Å². The van der Waals surface area contributed by atoms with Crippen LogP contribution in [0.15, 0.2) is 30.3 Å². The van der Waals surface area contributed by atoms with Crippen LogP contribution in [-0.2, 0) is 0 Å². The maximum absolute atomic E-state index is 13.3. The van der Waals surface area contributed by atoms with Gasteiger partial charge >= 0.3 is 0 Å². The lowest BCUT2D eigenvalue weighted by molar-refractivity contribution is 0.509. The highest BCUT2D eigenvalue weighted by Crippen LogP contribution is 2.33. The molecule has 1 heterocycles. The minimum absolute atomic E-state index is 0.332. The third kappa shape index (κ3) is 3.44. The summed E-state index contributed by atoms with van der Waals surface area (Å²) in [5, 5.41) is 3.50. The summed E-state index contributed by atoms with van der Waals surface area (Å²) in [4.78, 5) is 2.20. The van der Waals surface area contributed by atoms with Crippen molar-refractivity contribution in [1.29, 1.82) is 0 Å². The van der Waals surface area contributed by atoms with Crippen LogP contribution in [0.3, 0.4) is 0 Å². The predicted molar refractivity (Wildman–Crippen MR) is 81.0 cm³/mol. The van der Waals surface area contributed by atoms with Crippen molar-refractivity contribution < 1.29 is 8.78 Å². The molecule has 2 rings (SSSR count). The first-order chi connectivity index (χ1) is 9.65. The second-order valence-electron chi connectivity index (χ2n) is 4.75. The zero-order chi connectivity index (χ0) is 14.5. The molecular formula is C16H19F2NS. The zero-order valence-corrected chi connectivity index (χ0v) is 12.6. The Morgan fingerprint density at radius 3 is 2.55 bits per heavy atom. The Labute approximate surface area is 122 Å². The molecular weight excluding hydrogens is 276 g/mol. The number of halogens is 2. The van der Waals surface area contributed by atoms with Crippen molar-refractivity contribution in [3.63, 3.8) is 0 Å². The highest BCUT2D eigenvalue weighted by atomic mass is 32.1. The zero-order valence-electron chi connectivity index (χ0n) is 11.7. The molecule has 0 saturated carbocycles. The van der Waals surface area contributed by atoms with Crippen LogP contribution < -0.4 is 5.32 Å². The molecule has 4 heteroatoms. The minimum Gasteiger partial charge on any atom is -0.309 e. The topological polar surface area (TPSA) is 12.0 Å². The normalized spacial score (nSPS) is 12.6. The van der Waals surface area contributed by atoms with Gasteiger partial charge < -0.3 is 5.32 Å². The van der Waals surface area contributed by atoms with Gasteiger partial charge in [-0.2, -0.15) is 0 Å². The van der Waals surface area contributed by atoms with Crippen molar-refractivity contribution in [2.45, 2.75) is 32.7 Å². The number of hydrogen-bond acceptors (Lipinski definition) is 2. The fourth-order valence-electron chi connectivity index (χ4n) is 2.11. The number of thiophene rings is 1. The fraction of sp³-hybridized carbons (Fsp3) is 0.375. The molecule has 0 bridgehead atoms. The molecule has 0 spiro atoms. The maximum Gasteiger partial charge on any atom is 0.159 e. The van der Waals surface area contributed by atoms with Gasteiger partial charge in [0.1, 0.15) is 0 Å². The Kier molecular flexibility index (Phi) is 5.26. The van der Waals surface area contributed by atoms with E-state index >= 15 is 0 Å². The van der Waals surface area contributed by atoms with E-state index in [1.54, 1.807) is 17.4 Å². The van der Waals surface area contributed by atoms with Crippen molar-refractivity contribution in [2.75, 3.05) is 6.54 Å². The lowest BCUT2D eigenvalue weighted by Gasteiger charge is -2.14. The summed E-state index contributed by atoms with van der Waals surface area (Å²) in [5.74, 6) is -1.60. The van der Waals surface area contributed by atoms with E-state index in [1.807, 2.05) is 6.07 Å². The first-order valence-electron chi connectivity index (χ1n) is 6.94. The van der Waals surface area contributed by atoms with Gasteiger partial charge in [0.2, 0.25) is 0 Å². The summed E-state index contributed by atoms with van der Waals surface area (Å²) < 4.78 is 26.2. The highest BCUT2D eigenvalue weighted by molar-refractivity contribution is 7.15. The van der Waals surface area contributed by atoms with Crippen LogP contribution in [-0.4, -0.2) is 6.54 Å². The van der Waals surface area contributed by atoms with Crippen molar-refractivity contribution >= 4 is 11.3 Å². The van der Waals surface area contributed by atoms with E-state index in [-0.39, 0.29) is 0 Å². The van der Waals surface area contributed by atoms with Gasteiger partial charge in [-0.1, -0.05) is 19.9 Å². The van der Waals surface area contributed by atoms with Crippen molar-refractivity contribution in [3.8, 4) is 10.4 Å². The molecule has 1 atom stereocenters. The lowest BCUT2D eigenvalue weighted by Crippen LogP contribution is -2.20. The van der Waals surface area contributed by atoms with E-state index in [9.17, 15) is 8.78 Å². The smallest absolute Gasteiger partial charge is 0.159 e. The second kappa shape index (κ2) is 6.95. The van der Waals surface area contributed by atoms with Crippen LogP contribution in [0, 0.1) is 11.6 Å². The predicted octanol–water partition coefficient (Wildman–Crippen LogP) is 5.14. The summed E-state index contributed by atoms with van der Waals surface area (Å²) >= 11 is 1.63. The number of hydrogen-bond donors (Lipinski definition) is 1. The molecule has 0 radical (unpaired) electrons. The van der Waals surface area contributed by atoms with Gasteiger partial charge in [0, 0.05) is 15.8 Å². The van der Waals surface area contributed by atoms with Crippen LogP contribution in [0.2, 0.25) is 0 Å². The van der Waals surface area contributed by atoms with E-state index in [0.29, 0.717) is 6.04 Å². The Morgan fingerprint density at radius 1 is 1.10 bits per heavy atom. The second-order valence-corrected chi connectivity index (χ2v) is 5.86. The number of nitrogens with one attached hydrogen (secondary N) is 1. The third-order valence-electron chi connectivity index (χ3n) is 3.22. The van der Waals surface area contributed by atoms with E-state index < -0.39 is 11.6 Å².